The van der Waals surface area contributed by atoms with Crippen molar-refractivity contribution >= 4 is 33.2 Å². The van der Waals surface area contributed by atoms with Crippen LogP contribution in [-0.2, 0) is 16.4 Å². The van der Waals surface area contributed by atoms with Crippen molar-refractivity contribution in [2.45, 2.75) is 38.1 Å². The molecular formula is C20H23ClN2O3S. The van der Waals surface area contributed by atoms with E-state index in [2.05, 4.69) is 5.32 Å². The van der Waals surface area contributed by atoms with Gasteiger partial charge in [-0.3, -0.25) is 9.10 Å². The molecule has 1 unspecified atom stereocenters. The standard InChI is InChI=1S/C20H23ClN2O3S/c1-13(2)14(3)22-20(24)16-8-9-17(21)19(12-16)27(25,26)23-11-10-15-6-4-5-7-18(15)23/h4-9,12-14H,10-11H2,1-3H3,(H,22,24). The fourth-order valence-electron chi connectivity index (χ4n) is 2.98. The minimum atomic E-state index is -3.86. The van der Waals surface area contributed by atoms with Gasteiger partial charge in [0.05, 0.1) is 10.7 Å². The highest BCUT2D eigenvalue weighted by atomic mass is 35.5. The Hall–Kier alpha value is -2.05. The summed E-state index contributed by atoms with van der Waals surface area (Å²) in [7, 11) is -3.86. The molecule has 0 aromatic heterocycles. The molecule has 2 aromatic rings. The van der Waals surface area contributed by atoms with Crippen LogP contribution in [0.5, 0.6) is 0 Å². The molecule has 3 rings (SSSR count). The Morgan fingerprint density at radius 2 is 1.85 bits per heavy atom. The summed E-state index contributed by atoms with van der Waals surface area (Å²) in [6.07, 6.45) is 0.652. The summed E-state index contributed by atoms with van der Waals surface area (Å²) in [5.41, 5.74) is 1.92. The van der Waals surface area contributed by atoms with Crippen molar-refractivity contribution in [1.29, 1.82) is 0 Å². The van der Waals surface area contributed by atoms with Crippen LogP contribution in [0, 0.1) is 5.92 Å². The van der Waals surface area contributed by atoms with Crippen LogP contribution >= 0.6 is 11.6 Å². The molecule has 0 aliphatic carbocycles. The molecule has 0 radical (unpaired) electrons. The maximum Gasteiger partial charge on any atom is 0.265 e. The first-order valence-electron chi connectivity index (χ1n) is 8.93. The van der Waals surface area contributed by atoms with Crippen molar-refractivity contribution < 1.29 is 13.2 Å². The molecule has 27 heavy (non-hydrogen) atoms. The first-order chi connectivity index (χ1) is 12.7. The topological polar surface area (TPSA) is 66.5 Å². The molecule has 1 N–H and O–H groups in total. The SMILES string of the molecule is CC(C)C(C)NC(=O)c1ccc(Cl)c(S(=O)(=O)N2CCc3ccccc32)c1. The van der Waals surface area contributed by atoms with E-state index in [9.17, 15) is 13.2 Å². The number of nitrogens with zero attached hydrogens (tertiary/aromatic N) is 1. The van der Waals surface area contributed by atoms with Crippen LogP contribution in [0.25, 0.3) is 0 Å². The van der Waals surface area contributed by atoms with Crippen LogP contribution in [0.4, 0.5) is 5.69 Å². The third-order valence-corrected chi connectivity index (χ3v) is 7.26. The van der Waals surface area contributed by atoms with Gasteiger partial charge in [0.2, 0.25) is 0 Å². The highest BCUT2D eigenvalue weighted by Crippen LogP contribution is 2.35. The summed E-state index contributed by atoms with van der Waals surface area (Å²) < 4.78 is 27.8. The maximum atomic E-state index is 13.2. The molecule has 1 atom stereocenters. The zero-order valence-corrected chi connectivity index (χ0v) is 17.1. The average Bonchev–Trinajstić information content (AvgIpc) is 3.06. The molecular weight excluding hydrogens is 384 g/mol. The highest BCUT2D eigenvalue weighted by molar-refractivity contribution is 7.93. The smallest absolute Gasteiger partial charge is 0.265 e. The summed E-state index contributed by atoms with van der Waals surface area (Å²) >= 11 is 6.21. The van der Waals surface area contributed by atoms with Gasteiger partial charge in [-0.05, 0) is 49.1 Å². The lowest BCUT2D eigenvalue weighted by Gasteiger charge is -2.21. The Morgan fingerprint density at radius 3 is 2.56 bits per heavy atom. The van der Waals surface area contributed by atoms with Crippen molar-refractivity contribution in [1.82, 2.24) is 5.32 Å². The summed E-state index contributed by atoms with van der Waals surface area (Å²) in [4.78, 5) is 12.5. The van der Waals surface area contributed by atoms with Gasteiger partial charge in [0.1, 0.15) is 4.90 Å². The summed E-state index contributed by atoms with van der Waals surface area (Å²) in [6, 6.07) is 11.7. The van der Waals surface area contributed by atoms with E-state index < -0.39 is 10.0 Å². The molecule has 0 fully saturated rings. The summed E-state index contributed by atoms with van der Waals surface area (Å²) in [5, 5.41) is 2.99. The van der Waals surface area contributed by atoms with Gasteiger partial charge in [-0.2, -0.15) is 0 Å². The van der Waals surface area contributed by atoms with Crippen molar-refractivity contribution in [3.63, 3.8) is 0 Å². The zero-order valence-electron chi connectivity index (χ0n) is 15.6. The number of fused-ring (bicyclic) bond motifs is 1. The Kier molecular flexibility index (Phi) is 5.49. The molecule has 1 heterocycles. The van der Waals surface area contributed by atoms with Crippen LogP contribution in [0.2, 0.25) is 5.02 Å². The normalized spacial score (nSPS) is 14.9. The Labute approximate surface area is 165 Å². The fourth-order valence-corrected chi connectivity index (χ4v) is 4.98. The molecule has 2 aromatic carbocycles. The van der Waals surface area contributed by atoms with Gasteiger partial charge >= 0.3 is 0 Å². The van der Waals surface area contributed by atoms with E-state index >= 15 is 0 Å². The lowest BCUT2D eigenvalue weighted by atomic mass is 10.1. The molecule has 0 saturated carbocycles. The van der Waals surface area contributed by atoms with E-state index in [-0.39, 0.29) is 33.3 Å². The number of halogens is 1. The van der Waals surface area contributed by atoms with Crippen LogP contribution in [-0.4, -0.2) is 26.9 Å². The predicted molar refractivity (Wildman–Crippen MR) is 108 cm³/mol. The lowest BCUT2D eigenvalue weighted by molar-refractivity contribution is 0.0930. The monoisotopic (exact) mass is 406 g/mol. The molecule has 1 amide bonds. The molecule has 1 aliphatic heterocycles. The first-order valence-corrected chi connectivity index (χ1v) is 10.7. The highest BCUT2D eigenvalue weighted by Gasteiger charge is 2.32. The van der Waals surface area contributed by atoms with Gasteiger partial charge in [0.25, 0.3) is 15.9 Å². The predicted octanol–water partition coefficient (Wildman–Crippen LogP) is 3.87. The number of sulfonamides is 1. The van der Waals surface area contributed by atoms with Crippen molar-refractivity contribution in [3.8, 4) is 0 Å². The number of rotatable bonds is 5. The molecule has 7 heteroatoms. The second-order valence-electron chi connectivity index (χ2n) is 7.11. The first kappa shape index (κ1) is 19.7. The number of carbonyl (C=O) groups excluding carboxylic acids is 1. The minimum absolute atomic E-state index is 0.0290. The Morgan fingerprint density at radius 1 is 1.15 bits per heavy atom. The number of nitrogens with one attached hydrogen (secondary N) is 1. The number of benzene rings is 2. The van der Waals surface area contributed by atoms with E-state index in [0.29, 0.717) is 18.7 Å². The summed E-state index contributed by atoms with van der Waals surface area (Å²) in [6.45, 7) is 6.29. The van der Waals surface area contributed by atoms with Gasteiger partial charge < -0.3 is 5.32 Å². The maximum absolute atomic E-state index is 13.2. The average molecular weight is 407 g/mol. The fraction of sp³-hybridized carbons (Fsp3) is 0.350. The Balaban J connectivity index is 1.96. The van der Waals surface area contributed by atoms with Gasteiger partial charge in [0, 0.05) is 18.2 Å². The third kappa shape index (κ3) is 3.82. The second-order valence-corrected chi connectivity index (χ2v) is 9.35. The second kappa shape index (κ2) is 7.52. The van der Waals surface area contributed by atoms with Crippen molar-refractivity contribution in [2.24, 2.45) is 5.92 Å². The Bertz CT molecular complexity index is 973. The largest absolute Gasteiger partial charge is 0.349 e. The van der Waals surface area contributed by atoms with Gasteiger partial charge in [0.15, 0.2) is 0 Å². The lowest BCUT2D eigenvalue weighted by Crippen LogP contribution is -2.36. The van der Waals surface area contributed by atoms with E-state index in [1.165, 1.54) is 16.4 Å². The molecule has 0 bridgehead atoms. The molecule has 0 saturated heterocycles. The number of hydrogen-bond donors (Lipinski definition) is 1. The van der Waals surface area contributed by atoms with E-state index in [0.717, 1.165) is 5.56 Å². The van der Waals surface area contributed by atoms with E-state index in [1.807, 2.05) is 39.0 Å². The molecule has 1 aliphatic rings. The van der Waals surface area contributed by atoms with E-state index in [4.69, 9.17) is 11.6 Å². The number of anilines is 1. The van der Waals surface area contributed by atoms with Crippen molar-refractivity contribution in [3.05, 3.63) is 58.6 Å². The van der Waals surface area contributed by atoms with Crippen LogP contribution in [0.15, 0.2) is 47.4 Å². The van der Waals surface area contributed by atoms with Crippen molar-refractivity contribution in [2.75, 3.05) is 10.8 Å². The number of carbonyl (C=O) groups is 1. The summed E-state index contributed by atoms with van der Waals surface area (Å²) in [5.74, 6) is -0.0447. The molecule has 5 nitrogen and oxygen atoms in total. The van der Waals surface area contributed by atoms with Crippen LogP contribution < -0.4 is 9.62 Å². The van der Waals surface area contributed by atoms with Crippen LogP contribution in [0.3, 0.4) is 0 Å². The zero-order chi connectivity index (χ0) is 19.8. The minimum Gasteiger partial charge on any atom is -0.349 e. The quantitative estimate of drug-likeness (QED) is 0.819. The van der Waals surface area contributed by atoms with Gasteiger partial charge in [-0.15, -0.1) is 0 Å². The molecule has 144 valence electrons. The van der Waals surface area contributed by atoms with Crippen LogP contribution in [0.1, 0.15) is 36.7 Å². The molecule has 0 spiro atoms. The van der Waals surface area contributed by atoms with Gasteiger partial charge in [-0.25, -0.2) is 8.42 Å². The number of hydrogen-bond acceptors (Lipinski definition) is 3. The number of amides is 1. The van der Waals surface area contributed by atoms with Gasteiger partial charge in [-0.1, -0.05) is 43.6 Å². The third-order valence-electron chi connectivity index (χ3n) is 4.96. The number of para-hydroxylation sites is 1. The van der Waals surface area contributed by atoms with E-state index in [1.54, 1.807) is 12.1 Å².